The number of nitrogens with two attached hydrogens (primary N) is 1. The fourth-order valence-electron chi connectivity index (χ4n) is 11.4. The smallest absolute Gasteiger partial charge is 0.312 e. The van der Waals surface area contributed by atoms with Gasteiger partial charge in [-0.25, -0.2) is 4.98 Å². The summed E-state index contributed by atoms with van der Waals surface area (Å²) in [6.07, 6.45) is 11.2. The normalized spacial score (nSPS) is 42.8. The molecule has 4 N–H and O–H groups in total. The van der Waals surface area contributed by atoms with E-state index in [1.54, 1.807) is 11.5 Å². The van der Waals surface area contributed by atoms with E-state index in [-0.39, 0.29) is 42.1 Å². The number of aliphatic hydroxyl groups excluding tert-OH is 2. The van der Waals surface area contributed by atoms with Crippen molar-refractivity contribution in [1.29, 1.82) is 0 Å². The first-order chi connectivity index (χ1) is 21.9. The maximum absolute atomic E-state index is 13.9. The Bertz CT molecular complexity index is 1470. The standard InChI is InChI=1S/C35H52FN5O5/c1-19(23-8-9-24-22-7-6-20-15-21(43)11-13-33(20,2)25(22)12-14-34(23,24)3)5-10-28(44)45-26-16-27(46-35(26,4)17-42)41-18-38-29-30(37)39-32(36)40-31(29)41/h18-27,42-43H,5-17H2,1-4H3,(H2,37,39,40)/t19-,20-,21-,22+,23-,24?,25?,26+,27-,33+,34-,35-/m1/s1. The largest absolute Gasteiger partial charge is 0.459 e. The van der Waals surface area contributed by atoms with Crippen LogP contribution in [0.4, 0.5) is 10.2 Å². The van der Waals surface area contributed by atoms with Crippen molar-refractivity contribution in [3.05, 3.63) is 12.4 Å². The Labute approximate surface area is 271 Å². The minimum atomic E-state index is -1.13. The van der Waals surface area contributed by atoms with Gasteiger partial charge in [0, 0.05) is 12.8 Å². The number of aliphatic hydroxyl groups is 2. The first-order valence-electron chi connectivity index (χ1n) is 17.7. The Morgan fingerprint density at radius 3 is 2.65 bits per heavy atom. The van der Waals surface area contributed by atoms with Gasteiger partial charge >= 0.3 is 12.0 Å². The first-order valence-corrected chi connectivity index (χ1v) is 17.7. The third kappa shape index (κ3) is 5.14. The topological polar surface area (TPSA) is 146 Å². The lowest BCUT2D eigenvalue weighted by atomic mass is 9.44. The molecule has 10 nitrogen and oxygen atoms in total. The van der Waals surface area contributed by atoms with Gasteiger partial charge in [-0.2, -0.15) is 14.4 Å². The number of halogens is 1. The van der Waals surface area contributed by atoms with Gasteiger partial charge in [0.05, 0.1) is 19.0 Å². The molecule has 0 bridgehead atoms. The minimum absolute atomic E-state index is 0.0663. The Hall–Kier alpha value is -2.37. The molecular weight excluding hydrogens is 589 g/mol. The molecule has 0 aromatic carbocycles. The van der Waals surface area contributed by atoms with Gasteiger partial charge in [0.2, 0.25) is 0 Å². The van der Waals surface area contributed by atoms with Crippen molar-refractivity contribution in [2.24, 2.45) is 46.3 Å². The second-order valence-corrected chi connectivity index (χ2v) is 16.3. The molecular formula is C35H52FN5O5. The molecule has 5 fully saturated rings. The summed E-state index contributed by atoms with van der Waals surface area (Å²) in [6, 6.07) is 0. The number of ether oxygens (including phenoxy) is 2. The highest BCUT2D eigenvalue weighted by atomic mass is 19.1. The summed E-state index contributed by atoms with van der Waals surface area (Å²) in [5, 5.41) is 20.6. The molecule has 1 saturated heterocycles. The van der Waals surface area contributed by atoms with Crippen molar-refractivity contribution in [3.8, 4) is 0 Å². The van der Waals surface area contributed by atoms with Gasteiger partial charge in [-0.05, 0) is 117 Å². The number of anilines is 1. The lowest BCUT2D eigenvalue weighted by molar-refractivity contribution is -0.165. The fraction of sp³-hybridized carbons (Fsp3) is 0.829. The monoisotopic (exact) mass is 641 g/mol. The van der Waals surface area contributed by atoms with E-state index < -0.39 is 24.0 Å². The second-order valence-electron chi connectivity index (χ2n) is 16.3. The number of hydrogen-bond acceptors (Lipinski definition) is 9. The van der Waals surface area contributed by atoms with Crippen LogP contribution >= 0.6 is 0 Å². The van der Waals surface area contributed by atoms with Crippen LogP contribution in [0.1, 0.15) is 111 Å². The molecule has 11 heteroatoms. The van der Waals surface area contributed by atoms with Crippen LogP contribution in [0, 0.1) is 52.4 Å². The summed E-state index contributed by atoms with van der Waals surface area (Å²) in [7, 11) is 0. The Balaban J connectivity index is 0.974. The zero-order valence-corrected chi connectivity index (χ0v) is 27.8. The van der Waals surface area contributed by atoms with Crippen LogP contribution in [0.2, 0.25) is 0 Å². The lowest BCUT2D eigenvalue weighted by Gasteiger charge is -2.61. The number of carbonyl (C=O) groups is 1. The molecule has 46 heavy (non-hydrogen) atoms. The lowest BCUT2D eigenvalue weighted by Crippen LogP contribution is -2.54. The predicted molar refractivity (Wildman–Crippen MR) is 169 cm³/mol. The first kappa shape index (κ1) is 32.2. The van der Waals surface area contributed by atoms with Crippen LogP contribution in [-0.4, -0.2) is 60.1 Å². The number of fused-ring (bicyclic) bond motifs is 6. The Kier molecular flexibility index (Phi) is 8.15. The fourth-order valence-corrected chi connectivity index (χ4v) is 11.4. The molecule has 4 saturated carbocycles. The number of hydrogen-bond donors (Lipinski definition) is 3. The SMILES string of the molecule is C[C@H](CCC(=O)O[C@H]1C[C@H](n2cnc3c(N)nc(F)nc32)O[C@]1(C)CO)[C@H]1CCC2[C@@H]3CC[C@@H]4C[C@H](O)CC[C@]4(C)C3CC[C@@]21C. The van der Waals surface area contributed by atoms with E-state index in [9.17, 15) is 19.4 Å². The van der Waals surface area contributed by atoms with Crippen molar-refractivity contribution in [1.82, 2.24) is 19.5 Å². The van der Waals surface area contributed by atoms with Crippen molar-refractivity contribution in [2.45, 2.75) is 129 Å². The number of nitrogen functional groups attached to an aromatic ring is 1. The van der Waals surface area contributed by atoms with Gasteiger partial charge in [-0.15, -0.1) is 0 Å². The summed E-state index contributed by atoms with van der Waals surface area (Å²) in [6.45, 7) is 8.79. The third-order valence-electron chi connectivity index (χ3n) is 14.0. The van der Waals surface area contributed by atoms with Crippen molar-refractivity contribution in [2.75, 3.05) is 12.3 Å². The van der Waals surface area contributed by atoms with Crippen molar-refractivity contribution >= 4 is 23.0 Å². The molecule has 3 heterocycles. The van der Waals surface area contributed by atoms with Crippen LogP contribution in [-0.2, 0) is 14.3 Å². The number of nitrogens with zero attached hydrogens (tertiary/aromatic N) is 4. The Morgan fingerprint density at radius 2 is 1.87 bits per heavy atom. The average Bonchev–Trinajstić information content (AvgIpc) is 3.69. The molecule has 0 amide bonds. The number of aromatic nitrogens is 4. The van der Waals surface area contributed by atoms with Gasteiger partial charge in [0.1, 0.15) is 17.9 Å². The second kappa shape index (κ2) is 11.7. The number of rotatable bonds is 7. The molecule has 12 atom stereocenters. The van der Waals surface area contributed by atoms with E-state index in [0.717, 1.165) is 37.0 Å². The Morgan fingerprint density at radius 1 is 1.11 bits per heavy atom. The van der Waals surface area contributed by atoms with E-state index in [4.69, 9.17) is 15.2 Å². The van der Waals surface area contributed by atoms with Crippen molar-refractivity contribution in [3.63, 3.8) is 0 Å². The molecule has 4 aliphatic carbocycles. The molecule has 7 rings (SSSR count). The van der Waals surface area contributed by atoms with E-state index in [1.807, 2.05) is 0 Å². The highest BCUT2D eigenvalue weighted by Gasteiger charge is 2.60. The van der Waals surface area contributed by atoms with E-state index in [2.05, 4.69) is 35.7 Å². The minimum Gasteiger partial charge on any atom is -0.459 e. The van der Waals surface area contributed by atoms with E-state index in [0.29, 0.717) is 35.0 Å². The van der Waals surface area contributed by atoms with Crippen LogP contribution in [0.15, 0.2) is 6.33 Å². The number of carbonyl (C=O) groups excluding carboxylic acids is 1. The van der Waals surface area contributed by atoms with Crippen LogP contribution in [0.3, 0.4) is 0 Å². The summed E-state index contributed by atoms with van der Waals surface area (Å²) in [5.74, 6) is 3.64. The summed E-state index contributed by atoms with van der Waals surface area (Å²) in [4.78, 5) is 24.9. The van der Waals surface area contributed by atoms with Gasteiger partial charge in [-0.1, -0.05) is 20.8 Å². The molecule has 5 aliphatic rings. The molecule has 0 radical (unpaired) electrons. The van der Waals surface area contributed by atoms with Crippen LogP contribution in [0.25, 0.3) is 11.2 Å². The van der Waals surface area contributed by atoms with Gasteiger partial charge in [0.25, 0.3) is 0 Å². The average molecular weight is 642 g/mol. The molecule has 2 unspecified atom stereocenters. The zero-order valence-electron chi connectivity index (χ0n) is 27.8. The molecule has 254 valence electrons. The molecule has 2 aromatic rings. The van der Waals surface area contributed by atoms with Gasteiger partial charge < -0.3 is 25.4 Å². The quantitative estimate of drug-likeness (QED) is 0.261. The van der Waals surface area contributed by atoms with Gasteiger partial charge in [-0.3, -0.25) is 9.36 Å². The van der Waals surface area contributed by atoms with E-state index in [1.165, 1.54) is 51.3 Å². The third-order valence-corrected chi connectivity index (χ3v) is 14.0. The molecule has 0 spiro atoms. The number of imidazole rings is 1. The van der Waals surface area contributed by atoms with Crippen LogP contribution in [0.5, 0.6) is 0 Å². The highest BCUT2D eigenvalue weighted by molar-refractivity contribution is 5.81. The summed E-state index contributed by atoms with van der Waals surface area (Å²) >= 11 is 0. The van der Waals surface area contributed by atoms with Crippen molar-refractivity contribution < 1.29 is 28.9 Å². The summed E-state index contributed by atoms with van der Waals surface area (Å²) in [5.41, 5.74) is 5.84. The maximum Gasteiger partial charge on any atom is 0.312 e. The molecule has 1 aliphatic heterocycles. The zero-order chi connectivity index (χ0) is 32.6. The predicted octanol–water partition coefficient (Wildman–Crippen LogP) is 5.57. The van der Waals surface area contributed by atoms with E-state index >= 15 is 0 Å². The maximum atomic E-state index is 13.9. The highest BCUT2D eigenvalue weighted by Crippen LogP contribution is 2.68. The van der Waals surface area contributed by atoms with Crippen LogP contribution < -0.4 is 5.73 Å². The summed E-state index contributed by atoms with van der Waals surface area (Å²) < 4.78 is 27.7. The molecule has 2 aromatic heterocycles. The number of esters is 1. The van der Waals surface area contributed by atoms with Gasteiger partial charge in [0.15, 0.2) is 17.0 Å².